The second kappa shape index (κ2) is 4.26. The number of rotatable bonds is 2. The third kappa shape index (κ3) is 2.16. The van der Waals surface area contributed by atoms with Gasteiger partial charge in [0.15, 0.2) is 11.6 Å². The monoisotopic (exact) mass is 267 g/mol. The standard InChI is InChI=1S/C14H9F4N/c15-9-3-1-8(2-4-9)13-7-19(13)14-11(17)5-10(16)6-12(14)18/h1-6,13H,7H2/t13-,19?/m1/s1. The highest BCUT2D eigenvalue weighted by molar-refractivity contribution is 5.58. The van der Waals surface area contributed by atoms with Gasteiger partial charge in [0.05, 0.1) is 6.04 Å². The van der Waals surface area contributed by atoms with Crippen LogP contribution in [0.4, 0.5) is 23.2 Å². The zero-order chi connectivity index (χ0) is 13.6. The fourth-order valence-electron chi connectivity index (χ4n) is 2.17. The zero-order valence-corrected chi connectivity index (χ0v) is 9.71. The smallest absolute Gasteiger partial charge is 0.152 e. The predicted molar refractivity (Wildman–Crippen MR) is 62.8 cm³/mol. The molecule has 1 aliphatic rings. The van der Waals surface area contributed by atoms with Crippen molar-refractivity contribution in [3.8, 4) is 0 Å². The van der Waals surface area contributed by atoms with Crippen LogP contribution in [-0.4, -0.2) is 6.54 Å². The van der Waals surface area contributed by atoms with Crippen molar-refractivity contribution in [3.05, 3.63) is 65.2 Å². The van der Waals surface area contributed by atoms with Crippen LogP contribution >= 0.6 is 0 Å². The summed E-state index contributed by atoms with van der Waals surface area (Å²) >= 11 is 0. The Morgan fingerprint density at radius 3 is 2.00 bits per heavy atom. The number of halogens is 4. The maximum atomic E-state index is 13.6. The van der Waals surface area contributed by atoms with Gasteiger partial charge in [0.25, 0.3) is 0 Å². The molecule has 1 nitrogen and oxygen atoms in total. The lowest BCUT2D eigenvalue weighted by Crippen LogP contribution is -2.02. The second-order valence-corrected chi connectivity index (χ2v) is 4.44. The lowest BCUT2D eigenvalue weighted by atomic mass is 10.1. The highest BCUT2D eigenvalue weighted by Gasteiger charge is 2.39. The summed E-state index contributed by atoms with van der Waals surface area (Å²) in [6.45, 7) is 0.422. The minimum atomic E-state index is -0.945. The lowest BCUT2D eigenvalue weighted by molar-refractivity contribution is 0.545. The van der Waals surface area contributed by atoms with Crippen LogP contribution in [0.3, 0.4) is 0 Å². The third-order valence-electron chi connectivity index (χ3n) is 3.14. The van der Waals surface area contributed by atoms with E-state index in [1.807, 2.05) is 0 Å². The summed E-state index contributed by atoms with van der Waals surface area (Å²) in [7, 11) is 0. The molecule has 1 fully saturated rings. The maximum Gasteiger partial charge on any atom is 0.152 e. The number of benzene rings is 2. The van der Waals surface area contributed by atoms with E-state index in [0.717, 1.165) is 5.56 Å². The molecule has 0 saturated carbocycles. The highest BCUT2D eigenvalue weighted by Crippen LogP contribution is 2.42. The largest absolute Gasteiger partial charge is 0.356 e. The Kier molecular flexibility index (Phi) is 2.69. The molecule has 0 amide bonds. The summed E-state index contributed by atoms with van der Waals surface area (Å²) in [6, 6.07) is 6.83. The molecular weight excluding hydrogens is 258 g/mol. The first-order chi connectivity index (χ1) is 9.06. The van der Waals surface area contributed by atoms with Crippen molar-refractivity contribution in [2.24, 2.45) is 0 Å². The fraction of sp³-hybridized carbons (Fsp3) is 0.143. The zero-order valence-electron chi connectivity index (χ0n) is 9.71. The molecule has 98 valence electrons. The molecule has 1 heterocycles. The molecule has 0 N–H and O–H groups in total. The van der Waals surface area contributed by atoms with Gasteiger partial charge in [0, 0.05) is 18.7 Å². The molecule has 1 saturated heterocycles. The first-order valence-corrected chi connectivity index (χ1v) is 5.73. The van der Waals surface area contributed by atoms with Crippen LogP contribution < -0.4 is 4.90 Å². The van der Waals surface area contributed by atoms with Crippen molar-refractivity contribution in [2.75, 3.05) is 11.4 Å². The van der Waals surface area contributed by atoms with Crippen LogP contribution in [0.5, 0.6) is 0 Å². The predicted octanol–water partition coefficient (Wildman–Crippen LogP) is 3.80. The summed E-state index contributed by atoms with van der Waals surface area (Å²) in [4.78, 5) is 1.47. The molecule has 2 aromatic carbocycles. The Labute approximate surface area is 107 Å². The van der Waals surface area contributed by atoms with Crippen LogP contribution in [0.2, 0.25) is 0 Å². The molecule has 0 spiro atoms. The van der Waals surface area contributed by atoms with Gasteiger partial charge in [0.2, 0.25) is 0 Å². The molecule has 19 heavy (non-hydrogen) atoms. The van der Waals surface area contributed by atoms with Crippen molar-refractivity contribution < 1.29 is 17.6 Å². The van der Waals surface area contributed by atoms with Gasteiger partial charge in [-0.2, -0.15) is 0 Å². The molecule has 1 aliphatic heterocycles. The fourth-order valence-corrected chi connectivity index (χ4v) is 2.17. The molecule has 5 heteroatoms. The van der Waals surface area contributed by atoms with Gasteiger partial charge in [-0.15, -0.1) is 0 Å². The van der Waals surface area contributed by atoms with Crippen molar-refractivity contribution in [3.63, 3.8) is 0 Å². The van der Waals surface area contributed by atoms with E-state index >= 15 is 0 Å². The Morgan fingerprint density at radius 2 is 1.42 bits per heavy atom. The van der Waals surface area contributed by atoms with E-state index in [0.29, 0.717) is 18.7 Å². The van der Waals surface area contributed by atoms with Gasteiger partial charge in [-0.1, -0.05) is 12.1 Å². The van der Waals surface area contributed by atoms with E-state index in [1.54, 1.807) is 12.1 Å². The molecule has 2 aromatic rings. The second-order valence-electron chi connectivity index (χ2n) is 4.44. The Hall–Kier alpha value is -2.04. The average Bonchev–Trinajstić information content (AvgIpc) is 3.08. The van der Waals surface area contributed by atoms with Crippen molar-refractivity contribution in [1.82, 2.24) is 0 Å². The van der Waals surface area contributed by atoms with E-state index < -0.39 is 17.5 Å². The number of hydrogen-bond donors (Lipinski definition) is 0. The van der Waals surface area contributed by atoms with Gasteiger partial charge < -0.3 is 4.90 Å². The molecule has 1 atom stereocenters. The normalized spacial score (nSPS) is 17.7. The van der Waals surface area contributed by atoms with Crippen LogP contribution in [0.25, 0.3) is 0 Å². The quantitative estimate of drug-likeness (QED) is 0.590. The Bertz CT molecular complexity index is 601. The van der Waals surface area contributed by atoms with Gasteiger partial charge in [-0.25, -0.2) is 17.6 Å². The third-order valence-corrected chi connectivity index (χ3v) is 3.14. The minimum absolute atomic E-state index is 0.199. The van der Waals surface area contributed by atoms with Crippen molar-refractivity contribution in [2.45, 2.75) is 6.04 Å². The molecule has 0 radical (unpaired) electrons. The van der Waals surface area contributed by atoms with E-state index in [2.05, 4.69) is 0 Å². The molecule has 0 aromatic heterocycles. The lowest BCUT2D eigenvalue weighted by Gasteiger charge is -2.08. The summed E-state index contributed by atoms with van der Waals surface area (Å²) in [5, 5.41) is 0. The van der Waals surface area contributed by atoms with Crippen molar-refractivity contribution in [1.29, 1.82) is 0 Å². The Balaban J connectivity index is 1.89. The molecular formula is C14H9F4N. The van der Waals surface area contributed by atoms with Gasteiger partial charge in [-0.3, -0.25) is 0 Å². The van der Waals surface area contributed by atoms with E-state index in [1.165, 1.54) is 17.0 Å². The van der Waals surface area contributed by atoms with Gasteiger partial charge in [0.1, 0.15) is 17.3 Å². The number of nitrogens with zero attached hydrogens (tertiary/aromatic N) is 1. The van der Waals surface area contributed by atoms with Crippen LogP contribution in [0, 0.1) is 23.3 Å². The number of anilines is 1. The van der Waals surface area contributed by atoms with E-state index in [9.17, 15) is 17.6 Å². The minimum Gasteiger partial charge on any atom is -0.356 e. The summed E-state index contributed by atoms with van der Waals surface area (Å²) in [6.07, 6.45) is 0. The first-order valence-electron chi connectivity index (χ1n) is 5.73. The summed E-state index contributed by atoms with van der Waals surface area (Å²) in [5.74, 6) is -3.17. The topological polar surface area (TPSA) is 3.01 Å². The average molecular weight is 267 g/mol. The summed E-state index contributed by atoms with van der Waals surface area (Å²) in [5.41, 5.74) is 0.528. The maximum absolute atomic E-state index is 13.6. The molecule has 0 bridgehead atoms. The highest BCUT2D eigenvalue weighted by atomic mass is 19.1. The van der Waals surface area contributed by atoms with Gasteiger partial charge in [-0.05, 0) is 17.7 Å². The Morgan fingerprint density at radius 1 is 0.842 bits per heavy atom. The molecule has 3 rings (SSSR count). The SMILES string of the molecule is Fc1ccc([C@H]2CN2c2c(F)cc(F)cc2F)cc1. The van der Waals surface area contributed by atoms with E-state index in [-0.39, 0.29) is 17.5 Å². The van der Waals surface area contributed by atoms with Crippen molar-refractivity contribution >= 4 is 5.69 Å². The van der Waals surface area contributed by atoms with Crippen LogP contribution in [-0.2, 0) is 0 Å². The molecule has 0 aliphatic carbocycles. The van der Waals surface area contributed by atoms with Gasteiger partial charge >= 0.3 is 0 Å². The molecule has 0 unspecified atom stereocenters. The summed E-state index contributed by atoms with van der Waals surface area (Å²) < 4.78 is 52.8. The number of hydrogen-bond acceptors (Lipinski definition) is 1. The van der Waals surface area contributed by atoms with Crippen LogP contribution in [0.15, 0.2) is 36.4 Å². The van der Waals surface area contributed by atoms with Crippen LogP contribution in [0.1, 0.15) is 11.6 Å². The van der Waals surface area contributed by atoms with E-state index in [4.69, 9.17) is 0 Å². The first kappa shape index (κ1) is 12.0.